The molecule has 5 nitrogen and oxygen atoms in total. The van der Waals surface area contributed by atoms with Crippen molar-refractivity contribution in [3.05, 3.63) is 23.8 Å². The number of nitrogen functional groups attached to an aromatic ring is 1. The number of rotatable bonds is 5. The first-order chi connectivity index (χ1) is 11.0. The van der Waals surface area contributed by atoms with E-state index in [1.807, 2.05) is 44.1 Å². The average Bonchev–Trinajstić information content (AvgIpc) is 2.53. The number of benzene rings is 1. The van der Waals surface area contributed by atoms with Crippen LogP contribution in [0.5, 0.6) is 0 Å². The molecule has 0 radical (unpaired) electrons. The predicted molar refractivity (Wildman–Crippen MR) is 96.7 cm³/mol. The molecule has 1 aromatic rings. The Morgan fingerprint density at radius 2 is 1.96 bits per heavy atom. The molecule has 1 aromatic carbocycles. The van der Waals surface area contributed by atoms with Crippen LogP contribution in [0.3, 0.4) is 0 Å². The van der Waals surface area contributed by atoms with Crippen molar-refractivity contribution >= 4 is 17.4 Å². The highest BCUT2D eigenvalue weighted by Gasteiger charge is 2.26. The Labute approximate surface area is 139 Å². The van der Waals surface area contributed by atoms with E-state index in [1.165, 1.54) is 19.3 Å². The predicted octanol–water partition coefficient (Wildman–Crippen LogP) is 3.20. The van der Waals surface area contributed by atoms with Crippen molar-refractivity contribution in [3.8, 4) is 0 Å². The highest BCUT2D eigenvalue weighted by atomic mass is 16.2. The summed E-state index contributed by atoms with van der Waals surface area (Å²) in [4.78, 5) is 16.7. The zero-order valence-corrected chi connectivity index (χ0v) is 14.6. The van der Waals surface area contributed by atoms with E-state index >= 15 is 0 Å². The third-order valence-electron chi connectivity index (χ3n) is 4.53. The maximum absolute atomic E-state index is 12.6. The van der Waals surface area contributed by atoms with Gasteiger partial charge in [-0.25, -0.2) is 4.79 Å². The minimum atomic E-state index is 0.0338. The number of carbonyl (C=O) groups is 1. The summed E-state index contributed by atoms with van der Waals surface area (Å²) in [5, 5.41) is 2.97. The zero-order valence-electron chi connectivity index (χ0n) is 14.6. The number of amides is 2. The molecule has 3 N–H and O–H groups in total. The van der Waals surface area contributed by atoms with Gasteiger partial charge in [-0.1, -0.05) is 19.3 Å². The van der Waals surface area contributed by atoms with Crippen LogP contribution >= 0.6 is 0 Å². The second-order valence-corrected chi connectivity index (χ2v) is 6.54. The molecule has 128 valence electrons. The van der Waals surface area contributed by atoms with Crippen LogP contribution in [-0.2, 0) is 6.54 Å². The van der Waals surface area contributed by atoms with Crippen molar-refractivity contribution in [2.75, 3.05) is 31.3 Å². The summed E-state index contributed by atoms with van der Waals surface area (Å²) in [6.45, 7) is 3.22. The number of hydrogen-bond donors (Lipinski definition) is 2. The second kappa shape index (κ2) is 8.09. The molecule has 0 heterocycles. The van der Waals surface area contributed by atoms with Crippen LogP contribution in [0.4, 0.5) is 16.2 Å². The molecule has 2 amide bonds. The maximum Gasteiger partial charge on any atom is 0.317 e. The van der Waals surface area contributed by atoms with E-state index < -0.39 is 0 Å². The van der Waals surface area contributed by atoms with Gasteiger partial charge in [0, 0.05) is 44.6 Å². The van der Waals surface area contributed by atoms with Crippen LogP contribution in [0.15, 0.2) is 18.2 Å². The molecule has 1 saturated carbocycles. The van der Waals surface area contributed by atoms with E-state index in [9.17, 15) is 4.79 Å². The number of nitrogens with zero attached hydrogens (tertiary/aromatic N) is 2. The van der Waals surface area contributed by atoms with Crippen molar-refractivity contribution in [2.45, 2.75) is 51.6 Å². The smallest absolute Gasteiger partial charge is 0.317 e. The summed E-state index contributed by atoms with van der Waals surface area (Å²) in [5.74, 6) is 0. The van der Waals surface area contributed by atoms with Gasteiger partial charge in [-0.05, 0) is 43.5 Å². The first kappa shape index (κ1) is 17.4. The number of anilines is 2. The average molecular weight is 318 g/mol. The van der Waals surface area contributed by atoms with Crippen LogP contribution in [0.25, 0.3) is 0 Å². The third-order valence-corrected chi connectivity index (χ3v) is 4.53. The first-order valence-electron chi connectivity index (χ1n) is 8.63. The van der Waals surface area contributed by atoms with Gasteiger partial charge < -0.3 is 20.9 Å². The molecular formula is C18H30N4O. The molecule has 0 spiro atoms. The monoisotopic (exact) mass is 318 g/mol. The molecule has 0 aromatic heterocycles. The fraction of sp³-hybridized carbons (Fsp3) is 0.611. The lowest BCUT2D eigenvalue weighted by molar-refractivity contribution is 0.151. The standard InChI is InChI=1S/C18H30N4O/c1-4-20-18(23)22(16-8-6-5-7-9-16)13-14-12-15(19)10-11-17(14)21(2)3/h10-12,16H,4-9,13,19H2,1-3H3,(H,20,23). The lowest BCUT2D eigenvalue weighted by Crippen LogP contribution is -2.46. The molecular weight excluding hydrogens is 288 g/mol. The summed E-state index contributed by atoms with van der Waals surface area (Å²) < 4.78 is 0. The summed E-state index contributed by atoms with van der Waals surface area (Å²) in [6.07, 6.45) is 5.88. The van der Waals surface area contributed by atoms with Crippen molar-refractivity contribution in [2.24, 2.45) is 0 Å². The molecule has 0 aliphatic heterocycles. The molecule has 1 fully saturated rings. The number of urea groups is 1. The lowest BCUT2D eigenvalue weighted by atomic mass is 9.94. The van der Waals surface area contributed by atoms with Crippen molar-refractivity contribution in [3.63, 3.8) is 0 Å². The maximum atomic E-state index is 12.6. The van der Waals surface area contributed by atoms with Crippen molar-refractivity contribution < 1.29 is 4.79 Å². The Morgan fingerprint density at radius 3 is 2.57 bits per heavy atom. The van der Waals surface area contributed by atoms with Crippen LogP contribution in [0.2, 0.25) is 0 Å². The van der Waals surface area contributed by atoms with E-state index in [0.717, 1.165) is 29.8 Å². The molecule has 0 saturated heterocycles. The highest BCUT2D eigenvalue weighted by Crippen LogP contribution is 2.28. The molecule has 1 aliphatic rings. The van der Waals surface area contributed by atoms with Gasteiger partial charge in [0.05, 0.1) is 0 Å². The Bertz CT molecular complexity index is 524. The van der Waals surface area contributed by atoms with Gasteiger partial charge >= 0.3 is 6.03 Å². The Balaban J connectivity index is 2.26. The van der Waals surface area contributed by atoms with Gasteiger partial charge in [0.25, 0.3) is 0 Å². The zero-order chi connectivity index (χ0) is 16.8. The Morgan fingerprint density at radius 1 is 1.26 bits per heavy atom. The summed E-state index contributed by atoms with van der Waals surface area (Å²) in [5.41, 5.74) is 8.94. The fourth-order valence-electron chi connectivity index (χ4n) is 3.36. The minimum Gasteiger partial charge on any atom is -0.399 e. The Hall–Kier alpha value is -1.91. The molecule has 1 aliphatic carbocycles. The summed E-state index contributed by atoms with van der Waals surface area (Å²) in [7, 11) is 4.04. The molecule has 2 rings (SSSR count). The van der Waals surface area contributed by atoms with Gasteiger partial charge in [0.15, 0.2) is 0 Å². The quantitative estimate of drug-likeness (QED) is 0.820. The van der Waals surface area contributed by atoms with E-state index in [0.29, 0.717) is 19.1 Å². The molecule has 23 heavy (non-hydrogen) atoms. The number of hydrogen-bond acceptors (Lipinski definition) is 3. The molecule has 0 atom stereocenters. The van der Waals surface area contributed by atoms with Gasteiger partial charge in [-0.2, -0.15) is 0 Å². The normalized spacial score (nSPS) is 15.3. The van der Waals surface area contributed by atoms with Gasteiger partial charge in [-0.3, -0.25) is 0 Å². The molecule has 0 bridgehead atoms. The lowest BCUT2D eigenvalue weighted by Gasteiger charge is -2.35. The number of nitrogens with one attached hydrogen (secondary N) is 1. The SMILES string of the molecule is CCNC(=O)N(Cc1cc(N)ccc1N(C)C)C1CCCCC1. The van der Waals surface area contributed by atoms with Gasteiger partial charge in [0.2, 0.25) is 0 Å². The van der Waals surface area contributed by atoms with Gasteiger partial charge in [0.1, 0.15) is 0 Å². The van der Waals surface area contributed by atoms with E-state index in [-0.39, 0.29) is 6.03 Å². The largest absolute Gasteiger partial charge is 0.399 e. The number of carbonyl (C=O) groups excluding carboxylic acids is 1. The van der Waals surface area contributed by atoms with E-state index in [1.54, 1.807) is 0 Å². The van der Waals surface area contributed by atoms with E-state index in [4.69, 9.17) is 5.73 Å². The van der Waals surface area contributed by atoms with Gasteiger partial charge in [-0.15, -0.1) is 0 Å². The van der Waals surface area contributed by atoms with Crippen molar-refractivity contribution in [1.82, 2.24) is 10.2 Å². The summed E-state index contributed by atoms with van der Waals surface area (Å²) >= 11 is 0. The minimum absolute atomic E-state index is 0.0338. The first-order valence-corrected chi connectivity index (χ1v) is 8.63. The highest BCUT2D eigenvalue weighted by molar-refractivity contribution is 5.75. The molecule has 5 heteroatoms. The third kappa shape index (κ3) is 4.53. The molecule has 0 unspecified atom stereocenters. The number of nitrogens with two attached hydrogens (primary N) is 1. The van der Waals surface area contributed by atoms with E-state index in [2.05, 4.69) is 10.2 Å². The second-order valence-electron chi connectivity index (χ2n) is 6.54. The van der Waals surface area contributed by atoms with Crippen LogP contribution in [-0.4, -0.2) is 37.6 Å². The van der Waals surface area contributed by atoms with Crippen LogP contribution in [0, 0.1) is 0 Å². The summed E-state index contributed by atoms with van der Waals surface area (Å²) in [6, 6.07) is 6.29. The topological polar surface area (TPSA) is 61.6 Å². The van der Waals surface area contributed by atoms with Crippen molar-refractivity contribution in [1.29, 1.82) is 0 Å². The van der Waals surface area contributed by atoms with Crippen LogP contribution in [0.1, 0.15) is 44.6 Å². The fourth-order valence-corrected chi connectivity index (χ4v) is 3.36. The Kier molecular flexibility index (Phi) is 6.13. The van der Waals surface area contributed by atoms with Crippen LogP contribution < -0.4 is 16.0 Å².